The van der Waals surface area contributed by atoms with Gasteiger partial charge in [-0.1, -0.05) is 24.6 Å². The fourth-order valence-corrected chi connectivity index (χ4v) is 1.66. The van der Waals surface area contributed by atoms with Gasteiger partial charge in [0.05, 0.1) is 4.92 Å². The number of nitrogens with zero attached hydrogens (tertiary/aromatic N) is 2. The maximum atomic E-state index is 10.7. The van der Waals surface area contributed by atoms with Crippen molar-refractivity contribution in [3.63, 3.8) is 0 Å². The lowest BCUT2D eigenvalue weighted by atomic mass is 10.2. The molecule has 0 aliphatic carbocycles. The largest absolute Gasteiger partial charge is 0.311 e. The smallest absolute Gasteiger partial charge is 0.288 e. The Bertz CT molecular complexity index is 412. The third-order valence-corrected chi connectivity index (χ3v) is 3.07. The summed E-state index contributed by atoms with van der Waals surface area (Å²) in [6, 6.07) is 4.87. The molecule has 0 heterocycles. The number of nitrogens with one attached hydrogen (secondary N) is 1. The van der Waals surface area contributed by atoms with Gasteiger partial charge in [0.2, 0.25) is 0 Å². The van der Waals surface area contributed by atoms with Crippen LogP contribution in [0.15, 0.2) is 18.2 Å². The van der Waals surface area contributed by atoms with Gasteiger partial charge in [0.15, 0.2) is 0 Å². The molecule has 18 heavy (non-hydrogen) atoms. The first kappa shape index (κ1) is 14.9. The van der Waals surface area contributed by atoms with Crippen LogP contribution in [0.25, 0.3) is 0 Å². The summed E-state index contributed by atoms with van der Waals surface area (Å²) in [4.78, 5) is 12.5. The predicted octanol–water partition coefficient (Wildman–Crippen LogP) is 2.29. The summed E-state index contributed by atoms with van der Waals surface area (Å²) in [6.45, 7) is 5.51. The van der Waals surface area contributed by atoms with Crippen LogP contribution >= 0.6 is 11.6 Å². The van der Waals surface area contributed by atoms with E-state index in [1.807, 2.05) is 0 Å². The highest BCUT2D eigenvalue weighted by atomic mass is 35.5. The number of benzene rings is 1. The zero-order valence-electron chi connectivity index (χ0n) is 10.6. The number of halogens is 1. The Balaban J connectivity index is 2.48. The molecule has 5 nitrogen and oxygen atoms in total. The van der Waals surface area contributed by atoms with Crippen LogP contribution < -0.4 is 5.32 Å². The van der Waals surface area contributed by atoms with Gasteiger partial charge in [-0.25, -0.2) is 0 Å². The zero-order valence-corrected chi connectivity index (χ0v) is 11.4. The molecule has 100 valence electrons. The number of hydrogen-bond acceptors (Lipinski definition) is 4. The van der Waals surface area contributed by atoms with E-state index >= 15 is 0 Å². The van der Waals surface area contributed by atoms with Crippen LogP contribution in [0.4, 0.5) is 5.69 Å². The van der Waals surface area contributed by atoms with Crippen molar-refractivity contribution >= 4 is 17.3 Å². The van der Waals surface area contributed by atoms with Gasteiger partial charge < -0.3 is 10.2 Å². The Hall–Kier alpha value is -1.17. The summed E-state index contributed by atoms with van der Waals surface area (Å²) >= 11 is 5.74. The highest BCUT2D eigenvalue weighted by molar-refractivity contribution is 6.32. The first-order chi connectivity index (χ1) is 8.54. The molecule has 1 aromatic rings. The Labute approximate surface area is 112 Å². The monoisotopic (exact) mass is 271 g/mol. The molecule has 0 aliphatic heterocycles. The molecule has 6 heteroatoms. The second-order valence-electron chi connectivity index (χ2n) is 4.12. The summed E-state index contributed by atoms with van der Waals surface area (Å²) in [5.74, 6) is 0. The Morgan fingerprint density at radius 2 is 2.22 bits per heavy atom. The fourth-order valence-electron chi connectivity index (χ4n) is 1.47. The summed E-state index contributed by atoms with van der Waals surface area (Å²) in [5, 5.41) is 14.1. The zero-order chi connectivity index (χ0) is 13.5. The van der Waals surface area contributed by atoms with E-state index in [1.54, 1.807) is 12.1 Å². The minimum absolute atomic E-state index is 0.0401. The molecule has 0 aromatic heterocycles. The minimum atomic E-state index is -0.462. The third kappa shape index (κ3) is 4.60. The van der Waals surface area contributed by atoms with Gasteiger partial charge in [-0.15, -0.1) is 0 Å². The van der Waals surface area contributed by atoms with Crippen molar-refractivity contribution in [2.45, 2.75) is 13.5 Å². The molecule has 0 bridgehead atoms. The summed E-state index contributed by atoms with van der Waals surface area (Å²) in [7, 11) is 2.05. The maximum absolute atomic E-state index is 10.7. The standard InChI is InChI=1S/C12H18ClN3O2/c1-3-15(2)7-6-14-9-10-4-5-11(13)12(8-10)16(17)18/h4-5,8,14H,3,6-7,9H2,1-2H3. The number of likely N-dealkylation sites (N-methyl/N-ethyl adjacent to an activating group) is 1. The summed E-state index contributed by atoms with van der Waals surface area (Å²) < 4.78 is 0. The van der Waals surface area contributed by atoms with E-state index in [0.29, 0.717) is 6.54 Å². The van der Waals surface area contributed by atoms with E-state index in [1.165, 1.54) is 6.07 Å². The van der Waals surface area contributed by atoms with Crippen molar-refractivity contribution in [1.29, 1.82) is 0 Å². The van der Waals surface area contributed by atoms with E-state index < -0.39 is 4.92 Å². The first-order valence-corrected chi connectivity index (χ1v) is 6.24. The van der Waals surface area contributed by atoms with Gasteiger partial charge in [0.25, 0.3) is 5.69 Å². The Morgan fingerprint density at radius 3 is 2.83 bits per heavy atom. The quantitative estimate of drug-likeness (QED) is 0.470. The van der Waals surface area contributed by atoms with Crippen molar-refractivity contribution < 1.29 is 4.92 Å². The van der Waals surface area contributed by atoms with Gasteiger partial charge in [-0.05, 0) is 25.2 Å². The van der Waals surface area contributed by atoms with E-state index in [0.717, 1.165) is 25.2 Å². The number of rotatable bonds is 7. The van der Waals surface area contributed by atoms with Crippen molar-refractivity contribution in [1.82, 2.24) is 10.2 Å². The van der Waals surface area contributed by atoms with Crippen LogP contribution in [0.5, 0.6) is 0 Å². The highest BCUT2D eigenvalue weighted by Crippen LogP contribution is 2.24. The molecule has 0 saturated carbocycles. The van der Waals surface area contributed by atoms with Crippen LogP contribution in [0.2, 0.25) is 5.02 Å². The van der Waals surface area contributed by atoms with Crippen molar-refractivity contribution in [3.05, 3.63) is 38.9 Å². The molecular formula is C12H18ClN3O2. The molecule has 0 fully saturated rings. The van der Waals surface area contributed by atoms with E-state index in [4.69, 9.17) is 11.6 Å². The van der Waals surface area contributed by atoms with Gasteiger partial charge in [-0.3, -0.25) is 10.1 Å². The molecule has 1 aromatic carbocycles. The van der Waals surface area contributed by atoms with E-state index in [9.17, 15) is 10.1 Å². The highest BCUT2D eigenvalue weighted by Gasteiger charge is 2.12. The average Bonchev–Trinajstić information content (AvgIpc) is 2.35. The maximum Gasteiger partial charge on any atom is 0.288 e. The number of nitro groups is 1. The van der Waals surface area contributed by atoms with Gasteiger partial charge in [0, 0.05) is 25.7 Å². The second-order valence-corrected chi connectivity index (χ2v) is 4.52. The topological polar surface area (TPSA) is 58.4 Å². The normalized spacial score (nSPS) is 10.9. The van der Waals surface area contributed by atoms with Crippen LogP contribution in [-0.2, 0) is 6.54 Å². The third-order valence-electron chi connectivity index (χ3n) is 2.75. The Morgan fingerprint density at radius 1 is 1.50 bits per heavy atom. The lowest BCUT2D eigenvalue weighted by molar-refractivity contribution is -0.384. The molecule has 0 radical (unpaired) electrons. The molecule has 0 aliphatic rings. The molecule has 0 spiro atoms. The van der Waals surface area contributed by atoms with Gasteiger partial charge in [-0.2, -0.15) is 0 Å². The van der Waals surface area contributed by atoms with Crippen LogP contribution in [-0.4, -0.2) is 36.5 Å². The van der Waals surface area contributed by atoms with Gasteiger partial charge in [0.1, 0.15) is 5.02 Å². The Kier molecular flexibility index (Phi) is 6.04. The molecule has 1 N–H and O–H groups in total. The average molecular weight is 272 g/mol. The lowest BCUT2D eigenvalue weighted by Gasteiger charge is -2.13. The molecule has 0 atom stereocenters. The molecule has 1 rings (SSSR count). The van der Waals surface area contributed by atoms with Crippen LogP contribution in [0.1, 0.15) is 12.5 Å². The lowest BCUT2D eigenvalue weighted by Crippen LogP contribution is -2.28. The SMILES string of the molecule is CCN(C)CCNCc1ccc(Cl)c([N+](=O)[O-])c1. The predicted molar refractivity (Wildman–Crippen MR) is 73.0 cm³/mol. The fraction of sp³-hybridized carbons (Fsp3) is 0.500. The summed E-state index contributed by atoms with van der Waals surface area (Å²) in [5.41, 5.74) is 0.826. The first-order valence-electron chi connectivity index (χ1n) is 5.86. The molecule has 0 saturated heterocycles. The summed E-state index contributed by atoms with van der Waals surface area (Å²) in [6.07, 6.45) is 0. The number of hydrogen-bond donors (Lipinski definition) is 1. The number of nitro benzene ring substituents is 1. The van der Waals surface area contributed by atoms with Crippen molar-refractivity contribution in [2.75, 3.05) is 26.7 Å². The van der Waals surface area contributed by atoms with E-state index in [2.05, 4.69) is 24.2 Å². The van der Waals surface area contributed by atoms with Crippen molar-refractivity contribution in [3.8, 4) is 0 Å². The molecule has 0 unspecified atom stereocenters. The molecule has 0 amide bonds. The van der Waals surface area contributed by atoms with E-state index in [-0.39, 0.29) is 10.7 Å². The second kappa shape index (κ2) is 7.31. The van der Waals surface area contributed by atoms with Crippen molar-refractivity contribution in [2.24, 2.45) is 0 Å². The minimum Gasteiger partial charge on any atom is -0.311 e. The van der Waals surface area contributed by atoms with Crippen LogP contribution in [0, 0.1) is 10.1 Å². The van der Waals surface area contributed by atoms with Gasteiger partial charge >= 0.3 is 0 Å². The van der Waals surface area contributed by atoms with Crippen LogP contribution in [0.3, 0.4) is 0 Å². The molecular weight excluding hydrogens is 254 g/mol.